The van der Waals surface area contributed by atoms with Gasteiger partial charge >= 0.3 is 0 Å². The van der Waals surface area contributed by atoms with Crippen LogP contribution in [0.4, 0.5) is 0 Å². The Bertz CT molecular complexity index is 545. The summed E-state index contributed by atoms with van der Waals surface area (Å²) in [6.45, 7) is 2.06. The normalized spacial score (nSPS) is 10.2. The molecular weight excluding hydrogens is 246 g/mol. The van der Waals surface area contributed by atoms with Crippen molar-refractivity contribution in [2.24, 2.45) is 0 Å². The van der Waals surface area contributed by atoms with E-state index in [0.717, 1.165) is 5.56 Å². The standard InChI is InChI=1S/C14H15NO4/c1-10-2-4-11(5-3-10)18-13-7-6-12(19-13)14(17)15-8-9-16/h2-7,16H,8-9H2,1H3,(H,15,17). The third-order valence-electron chi connectivity index (χ3n) is 2.44. The van der Waals surface area contributed by atoms with Gasteiger partial charge in [-0.1, -0.05) is 17.7 Å². The molecule has 2 N–H and O–H groups in total. The molecule has 0 unspecified atom stereocenters. The topological polar surface area (TPSA) is 71.7 Å². The molecular formula is C14H15NO4. The van der Waals surface area contributed by atoms with Crippen LogP contribution in [-0.4, -0.2) is 24.2 Å². The fraction of sp³-hybridized carbons (Fsp3) is 0.214. The SMILES string of the molecule is Cc1ccc(Oc2ccc(C(=O)NCCO)o2)cc1. The molecule has 2 rings (SSSR count). The molecule has 0 aliphatic rings. The van der Waals surface area contributed by atoms with E-state index < -0.39 is 0 Å². The van der Waals surface area contributed by atoms with Crippen molar-refractivity contribution < 1.29 is 19.1 Å². The highest BCUT2D eigenvalue weighted by atomic mass is 16.6. The van der Waals surface area contributed by atoms with Crippen molar-refractivity contribution >= 4 is 5.91 Å². The van der Waals surface area contributed by atoms with Crippen LogP contribution in [0.5, 0.6) is 11.7 Å². The minimum absolute atomic E-state index is 0.112. The van der Waals surface area contributed by atoms with Gasteiger partial charge in [-0.15, -0.1) is 0 Å². The highest BCUT2D eigenvalue weighted by Gasteiger charge is 2.11. The number of nitrogens with one attached hydrogen (secondary N) is 1. The number of amides is 1. The van der Waals surface area contributed by atoms with E-state index in [1.807, 2.05) is 31.2 Å². The maximum Gasteiger partial charge on any atom is 0.290 e. The fourth-order valence-electron chi connectivity index (χ4n) is 1.48. The van der Waals surface area contributed by atoms with Gasteiger partial charge in [0.15, 0.2) is 5.76 Å². The van der Waals surface area contributed by atoms with Crippen molar-refractivity contribution in [1.82, 2.24) is 5.32 Å². The average molecular weight is 261 g/mol. The lowest BCUT2D eigenvalue weighted by molar-refractivity contribution is 0.0912. The van der Waals surface area contributed by atoms with Gasteiger partial charge in [-0.05, 0) is 25.1 Å². The Balaban J connectivity index is 2.01. The Kier molecular flexibility index (Phi) is 4.20. The van der Waals surface area contributed by atoms with Crippen LogP contribution in [0.15, 0.2) is 40.8 Å². The monoisotopic (exact) mass is 261 g/mol. The second-order valence-electron chi connectivity index (χ2n) is 4.01. The van der Waals surface area contributed by atoms with Crippen LogP contribution in [0.25, 0.3) is 0 Å². The quantitative estimate of drug-likeness (QED) is 0.864. The summed E-state index contributed by atoms with van der Waals surface area (Å²) in [6, 6.07) is 10.6. The van der Waals surface area contributed by atoms with Gasteiger partial charge in [0.05, 0.1) is 6.61 Å². The molecule has 1 amide bonds. The summed E-state index contributed by atoms with van der Waals surface area (Å²) in [5.74, 6) is 0.656. The van der Waals surface area contributed by atoms with E-state index in [9.17, 15) is 4.79 Å². The highest BCUT2D eigenvalue weighted by molar-refractivity contribution is 5.91. The number of aliphatic hydroxyl groups excluding tert-OH is 1. The molecule has 100 valence electrons. The van der Waals surface area contributed by atoms with Crippen LogP contribution in [0.1, 0.15) is 16.1 Å². The molecule has 5 heteroatoms. The molecule has 0 saturated carbocycles. The van der Waals surface area contributed by atoms with Crippen molar-refractivity contribution in [3.8, 4) is 11.7 Å². The van der Waals surface area contributed by atoms with E-state index >= 15 is 0 Å². The van der Waals surface area contributed by atoms with Gasteiger partial charge in [0, 0.05) is 12.6 Å². The average Bonchev–Trinajstić information content (AvgIpc) is 2.87. The summed E-state index contributed by atoms with van der Waals surface area (Å²) in [7, 11) is 0. The Hall–Kier alpha value is -2.27. The summed E-state index contributed by atoms with van der Waals surface area (Å²) in [6.07, 6.45) is 0. The smallest absolute Gasteiger partial charge is 0.290 e. The number of carbonyl (C=O) groups is 1. The third-order valence-corrected chi connectivity index (χ3v) is 2.44. The largest absolute Gasteiger partial charge is 0.426 e. The van der Waals surface area contributed by atoms with Gasteiger partial charge in [0.2, 0.25) is 0 Å². The molecule has 0 aliphatic carbocycles. The van der Waals surface area contributed by atoms with Gasteiger partial charge in [-0.2, -0.15) is 0 Å². The molecule has 1 aromatic heterocycles. The number of ether oxygens (including phenoxy) is 1. The van der Waals surface area contributed by atoms with Gasteiger partial charge in [0.1, 0.15) is 5.75 Å². The molecule has 0 bridgehead atoms. The first-order chi connectivity index (χ1) is 9.19. The fourth-order valence-corrected chi connectivity index (χ4v) is 1.48. The number of rotatable bonds is 5. The molecule has 0 saturated heterocycles. The zero-order chi connectivity index (χ0) is 13.7. The van der Waals surface area contributed by atoms with E-state index in [1.165, 1.54) is 6.07 Å². The first kappa shape index (κ1) is 13.2. The molecule has 1 heterocycles. The second kappa shape index (κ2) is 6.06. The predicted molar refractivity (Wildman–Crippen MR) is 69.4 cm³/mol. The second-order valence-corrected chi connectivity index (χ2v) is 4.01. The Morgan fingerprint density at radius 2 is 2.00 bits per heavy atom. The molecule has 5 nitrogen and oxygen atoms in total. The number of aliphatic hydroxyl groups is 1. The van der Waals surface area contributed by atoms with Crippen LogP contribution < -0.4 is 10.1 Å². The van der Waals surface area contributed by atoms with Gasteiger partial charge < -0.3 is 19.6 Å². The summed E-state index contributed by atoms with van der Waals surface area (Å²) >= 11 is 0. The Labute approximate surface area is 110 Å². The first-order valence-electron chi connectivity index (χ1n) is 5.92. The van der Waals surface area contributed by atoms with Crippen molar-refractivity contribution in [3.63, 3.8) is 0 Å². The predicted octanol–water partition coefficient (Wildman–Crippen LogP) is 2.10. The Morgan fingerprint density at radius 3 is 2.68 bits per heavy atom. The van der Waals surface area contributed by atoms with Gasteiger partial charge in [-0.25, -0.2) is 0 Å². The molecule has 19 heavy (non-hydrogen) atoms. The van der Waals surface area contributed by atoms with E-state index in [2.05, 4.69) is 5.32 Å². The number of furan rings is 1. The first-order valence-corrected chi connectivity index (χ1v) is 5.92. The summed E-state index contributed by atoms with van der Waals surface area (Å²) in [4.78, 5) is 11.5. The molecule has 0 aliphatic heterocycles. The lowest BCUT2D eigenvalue weighted by atomic mass is 10.2. The number of aryl methyl sites for hydroxylation is 1. The van der Waals surface area contributed by atoms with Crippen LogP contribution in [0.2, 0.25) is 0 Å². The number of benzene rings is 1. The summed E-state index contributed by atoms with van der Waals surface area (Å²) in [5.41, 5.74) is 1.14. The van der Waals surface area contributed by atoms with Crippen molar-refractivity contribution in [1.29, 1.82) is 0 Å². The zero-order valence-corrected chi connectivity index (χ0v) is 10.6. The Morgan fingerprint density at radius 1 is 1.26 bits per heavy atom. The number of hydrogen-bond acceptors (Lipinski definition) is 4. The van der Waals surface area contributed by atoms with Crippen LogP contribution in [-0.2, 0) is 0 Å². The molecule has 0 radical (unpaired) electrons. The summed E-state index contributed by atoms with van der Waals surface area (Å²) in [5, 5.41) is 11.1. The minimum Gasteiger partial charge on any atom is -0.426 e. The van der Waals surface area contributed by atoms with E-state index in [0.29, 0.717) is 5.75 Å². The number of hydrogen-bond donors (Lipinski definition) is 2. The van der Waals surface area contributed by atoms with E-state index in [1.54, 1.807) is 6.07 Å². The van der Waals surface area contributed by atoms with E-state index in [-0.39, 0.29) is 30.8 Å². The molecule has 0 spiro atoms. The lowest BCUT2D eigenvalue weighted by Gasteiger charge is -2.02. The molecule has 0 fully saturated rings. The van der Waals surface area contributed by atoms with E-state index in [4.69, 9.17) is 14.3 Å². The van der Waals surface area contributed by atoms with Crippen molar-refractivity contribution in [2.45, 2.75) is 6.92 Å². The molecule has 0 atom stereocenters. The number of carbonyl (C=O) groups excluding carboxylic acids is 1. The third kappa shape index (κ3) is 3.59. The van der Waals surface area contributed by atoms with Gasteiger partial charge in [0.25, 0.3) is 11.9 Å². The zero-order valence-electron chi connectivity index (χ0n) is 10.6. The summed E-state index contributed by atoms with van der Waals surface area (Å²) < 4.78 is 10.7. The molecule has 2 aromatic rings. The minimum atomic E-state index is -0.382. The van der Waals surface area contributed by atoms with Gasteiger partial charge in [-0.3, -0.25) is 4.79 Å². The highest BCUT2D eigenvalue weighted by Crippen LogP contribution is 2.23. The van der Waals surface area contributed by atoms with Crippen molar-refractivity contribution in [3.05, 3.63) is 47.7 Å². The lowest BCUT2D eigenvalue weighted by Crippen LogP contribution is -2.25. The van der Waals surface area contributed by atoms with Crippen LogP contribution >= 0.6 is 0 Å². The van der Waals surface area contributed by atoms with Crippen LogP contribution in [0, 0.1) is 6.92 Å². The van der Waals surface area contributed by atoms with Crippen molar-refractivity contribution in [2.75, 3.05) is 13.2 Å². The van der Waals surface area contributed by atoms with Crippen LogP contribution in [0.3, 0.4) is 0 Å². The maximum absolute atomic E-state index is 11.5. The molecule has 1 aromatic carbocycles. The maximum atomic E-state index is 11.5.